The Morgan fingerprint density at radius 3 is 3.00 bits per heavy atom. The number of nitrogens with zero attached hydrogens (tertiary/aromatic N) is 3. The molecule has 0 atom stereocenters. The number of pyridine rings is 1. The highest BCUT2D eigenvalue weighted by Gasteiger charge is 2.32. The summed E-state index contributed by atoms with van der Waals surface area (Å²) >= 11 is 0. The van der Waals surface area contributed by atoms with Gasteiger partial charge in [0.2, 0.25) is 0 Å². The fraction of sp³-hybridized carbons (Fsp3) is 0.462. The van der Waals surface area contributed by atoms with Crippen molar-refractivity contribution in [2.24, 2.45) is 0 Å². The van der Waals surface area contributed by atoms with E-state index >= 15 is 0 Å². The van der Waals surface area contributed by atoms with Crippen LogP contribution in [-0.4, -0.2) is 28.4 Å². The first-order valence-electron chi connectivity index (χ1n) is 5.83. The Morgan fingerprint density at radius 2 is 2.41 bits per heavy atom. The van der Waals surface area contributed by atoms with E-state index < -0.39 is 0 Å². The molecule has 1 aliphatic carbocycles. The average molecular weight is 229 g/mol. The van der Waals surface area contributed by atoms with Crippen LogP contribution in [0.1, 0.15) is 35.3 Å². The summed E-state index contributed by atoms with van der Waals surface area (Å²) < 4.78 is 0. The summed E-state index contributed by atoms with van der Waals surface area (Å²) in [6.45, 7) is 2.40. The number of rotatable bonds is 4. The van der Waals surface area contributed by atoms with Crippen LogP contribution < -0.4 is 0 Å². The maximum absolute atomic E-state index is 12.3. The topological polar surface area (TPSA) is 57.0 Å². The predicted molar refractivity (Wildman–Crippen MR) is 63.3 cm³/mol. The molecule has 0 aliphatic heterocycles. The third-order valence-corrected chi connectivity index (χ3v) is 2.86. The Labute approximate surface area is 101 Å². The quantitative estimate of drug-likeness (QED) is 0.792. The van der Waals surface area contributed by atoms with Crippen LogP contribution in [0.25, 0.3) is 0 Å². The number of hydrogen-bond acceptors (Lipinski definition) is 3. The summed E-state index contributed by atoms with van der Waals surface area (Å²) in [5, 5.41) is 8.62. The highest BCUT2D eigenvalue weighted by atomic mass is 16.2. The lowest BCUT2D eigenvalue weighted by atomic mass is 10.2. The third kappa shape index (κ3) is 2.82. The first-order chi connectivity index (χ1) is 8.22. The summed E-state index contributed by atoms with van der Waals surface area (Å²) in [6.07, 6.45) is 4.16. The van der Waals surface area contributed by atoms with Crippen LogP contribution in [-0.2, 0) is 0 Å². The van der Waals surface area contributed by atoms with E-state index in [1.54, 1.807) is 18.3 Å². The lowest BCUT2D eigenvalue weighted by molar-refractivity contribution is 0.0746. The smallest absolute Gasteiger partial charge is 0.254 e. The van der Waals surface area contributed by atoms with Gasteiger partial charge in [0.15, 0.2) is 0 Å². The monoisotopic (exact) mass is 229 g/mol. The molecular formula is C13H15N3O. The van der Waals surface area contributed by atoms with E-state index in [0.717, 1.165) is 18.5 Å². The van der Waals surface area contributed by atoms with E-state index in [9.17, 15) is 4.79 Å². The Balaban J connectivity index is 2.13. The molecule has 1 heterocycles. The second kappa shape index (κ2) is 4.96. The SMILES string of the molecule is Cc1cc(C(=O)N(CCC#N)C2CC2)ccn1. The minimum absolute atomic E-state index is 0.0215. The van der Waals surface area contributed by atoms with Gasteiger partial charge in [0.25, 0.3) is 5.91 Å². The molecule has 0 radical (unpaired) electrons. The molecule has 1 aromatic rings. The molecule has 2 rings (SSSR count). The van der Waals surface area contributed by atoms with Gasteiger partial charge in [-0.05, 0) is 31.9 Å². The molecule has 17 heavy (non-hydrogen) atoms. The van der Waals surface area contributed by atoms with Gasteiger partial charge < -0.3 is 4.90 Å². The van der Waals surface area contributed by atoms with Crippen molar-refractivity contribution in [3.63, 3.8) is 0 Å². The van der Waals surface area contributed by atoms with E-state index in [2.05, 4.69) is 11.1 Å². The van der Waals surface area contributed by atoms with Gasteiger partial charge in [0.1, 0.15) is 0 Å². The number of aromatic nitrogens is 1. The number of nitriles is 1. The van der Waals surface area contributed by atoms with Gasteiger partial charge in [-0.3, -0.25) is 9.78 Å². The number of carbonyl (C=O) groups is 1. The Bertz CT molecular complexity index is 460. The van der Waals surface area contributed by atoms with Crippen LogP contribution >= 0.6 is 0 Å². The molecule has 0 bridgehead atoms. The fourth-order valence-corrected chi connectivity index (χ4v) is 1.85. The van der Waals surface area contributed by atoms with E-state index in [1.165, 1.54) is 0 Å². The molecule has 4 heteroatoms. The van der Waals surface area contributed by atoms with Crippen LogP contribution in [0.4, 0.5) is 0 Å². The van der Waals surface area contributed by atoms with Gasteiger partial charge in [-0.2, -0.15) is 5.26 Å². The summed E-state index contributed by atoms with van der Waals surface area (Å²) in [7, 11) is 0. The molecule has 1 fully saturated rings. The molecule has 1 saturated carbocycles. The molecule has 1 aromatic heterocycles. The van der Waals surface area contributed by atoms with E-state index in [0.29, 0.717) is 24.6 Å². The molecule has 4 nitrogen and oxygen atoms in total. The summed E-state index contributed by atoms with van der Waals surface area (Å²) in [5.41, 5.74) is 1.51. The predicted octanol–water partition coefficient (Wildman–Crippen LogP) is 1.91. The van der Waals surface area contributed by atoms with Gasteiger partial charge in [0, 0.05) is 30.0 Å². The van der Waals surface area contributed by atoms with Crippen molar-refractivity contribution in [2.45, 2.75) is 32.2 Å². The van der Waals surface area contributed by atoms with Crippen LogP contribution in [0, 0.1) is 18.3 Å². The average Bonchev–Trinajstić information content (AvgIpc) is 3.14. The van der Waals surface area contributed by atoms with Crippen molar-refractivity contribution in [2.75, 3.05) is 6.54 Å². The van der Waals surface area contributed by atoms with E-state index in [1.807, 2.05) is 11.8 Å². The van der Waals surface area contributed by atoms with Crippen LogP contribution in [0.15, 0.2) is 18.3 Å². The van der Waals surface area contributed by atoms with Crippen molar-refractivity contribution in [3.05, 3.63) is 29.6 Å². The zero-order valence-electron chi connectivity index (χ0n) is 9.89. The number of aryl methyl sites for hydroxylation is 1. The van der Waals surface area contributed by atoms with E-state index in [-0.39, 0.29) is 5.91 Å². The maximum atomic E-state index is 12.3. The second-order valence-corrected chi connectivity index (χ2v) is 4.32. The molecule has 0 spiro atoms. The highest BCUT2D eigenvalue weighted by Crippen LogP contribution is 2.28. The number of carbonyl (C=O) groups excluding carboxylic acids is 1. The maximum Gasteiger partial charge on any atom is 0.254 e. The molecule has 0 N–H and O–H groups in total. The van der Waals surface area contributed by atoms with Gasteiger partial charge in [-0.25, -0.2) is 0 Å². The van der Waals surface area contributed by atoms with Gasteiger partial charge in [-0.1, -0.05) is 0 Å². The lowest BCUT2D eigenvalue weighted by Crippen LogP contribution is -2.34. The molecule has 0 unspecified atom stereocenters. The lowest BCUT2D eigenvalue weighted by Gasteiger charge is -2.21. The van der Waals surface area contributed by atoms with Gasteiger partial charge in [0.05, 0.1) is 12.5 Å². The highest BCUT2D eigenvalue weighted by molar-refractivity contribution is 5.94. The first kappa shape index (κ1) is 11.6. The van der Waals surface area contributed by atoms with Gasteiger partial charge >= 0.3 is 0 Å². The molecular weight excluding hydrogens is 214 g/mol. The Hall–Kier alpha value is -1.89. The second-order valence-electron chi connectivity index (χ2n) is 4.32. The van der Waals surface area contributed by atoms with Gasteiger partial charge in [-0.15, -0.1) is 0 Å². The van der Waals surface area contributed by atoms with E-state index in [4.69, 9.17) is 5.26 Å². The number of amides is 1. The molecule has 88 valence electrons. The van der Waals surface area contributed by atoms with Crippen LogP contribution in [0.3, 0.4) is 0 Å². The van der Waals surface area contributed by atoms with Crippen molar-refractivity contribution in [1.29, 1.82) is 5.26 Å². The molecule has 0 saturated heterocycles. The molecule has 1 amide bonds. The van der Waals surface area contributed by atoms with Crippen LogP contribution in [0.5, 0.6) is 0 Å². The Kier molecular flexibility index (Phi) is 3.38. The molecule has 0 aromatic carbocycles. The largest absolute Gasteiger partial charge is 0.335 e. The normalized spacial score (nSPS) is 14.1. The van der Waals surface area contributed by atoms with Crippen molar-refractivity contribution >= 4 is 5.91 Å². The molecule has 1 aliphatic rings. The van der Waals surface area contributed by atoms with Crippen molar-refractivity contribution in [1.82, 2.24) is 9.88 Å². The number of hydrogen-bond donors (Lipinski definition) is 0. The van der Waals surface area contributed by atoms with Crippen LogP contribution in [0.2, 0.25) is 0 Å². The first-order valence-corrected chi connectivity index (χ1v) is 5.83. The summed E-state index contributed by atoms with van der Waals surface area (Å²) in [6, 6.07) is 5.96. The zero-order chi connectivity index (χ0) is 12.3. The minimum atomic E-state index is 0.0215. The third-order valence-electron chi connectivity index (χ3n) is 2.86. The fourth-order valence-electron chi connectivity index (χ4n) is 1.85. The standard InChI is InChI=1S/C13H15N3O/c1-10-9-11(5-7-15-10)13(17)16(8-2-6-14)12-3-4-12/h5,7,9,12H,2-4,8H2,1H3. The minimum Gasteiger partial charge on any atom is -0.335 e. The Morgan fingerprint density at radius 1 is 1.65 bits per heavy atom. The van der Waals surface area contributed by atoms with Crippen molar-refractivity contribution < 1.29 is 4.79 Å². The summed E-state index contributed by atoms with van der Waals surface area (Å²) in [5.74, 6) is 0.0215. The van der Waals surface area contributed by atoms with Crippen molar-refractivity contribution in [3.8, 4) is 6.07 Å². The zero-order valence-corrected chi connectivity index (χ0v) is 9.89. The summed E-state index contributed by atoms with van der Waals surface area (Å²) in [4.78, 5) is 18.2.